The fourth-order valence-electron chi connectivity index (χ4n) is 1.17. The highest BCUT2D eigenvalue weighted by atomic mass is 32.2. The Morgan fingerprint density at radius 2 is 2.11 bits per heavy atom. The fraction of sp³-hybridized carbons (Fsp3) is 0.700. The maximum Gasteiger partial charge on any atom is 0.327 e. The quantitative estimate of drug-likeness (QED) is 0.594. The topological polar surface area (TPSA) is 99.0 Å². The molecular weight excluding hydrogens is 270 g/mol. The van der Waals surface area contributed by atoms with Gasteiger partial charge in [-0.3, -0.25) is 9.59 Å². The Kier molecular flexibility index (Phi) is 5.28. The number of amides is 1. The molecule has 0 atom stereocenters. The monoisotopic (exact) mass is 287 g/mol. The number of carbonyl (C=O) groups is 2. The molecule has 1 heterocycles. The Hall–Kier alpha value is -1.64. The van der Waals surface area contributed by atoms with E-state index >= 15 is 0 Å². The van der Waals surface area contributed by atoms with E-state index in [0.717, 1.165) is 11.8 Å². The number of carbonyl (C=O) groups excluding carboxylic acids is 2. The lowest BCUT2D eigenvalue weighted by molar-refractivity contribution is -0.141. The average Bonchev–Trinajstić information content (AvgIpc) is 2.71. The molecule has 19 heavy (non-hydrogen) atoms. The highest BCUT2D eigenvalue weighted by Gasteiger charge is 2.16. The van der Waals surface area contributed by atoms with Gasteiger partial charge in [-0.2, -0.15) is 0 Å². The van der Waals surface area contributed by atoms with Gasteiger partial charge in [-0.05, 0) is 31.2 Å². The molecule has 1 N–H and O–H groups in total. The maximum absolute atomic E-state index is 11.6. The first kappa shape index (κ1) is 15.4. The van der Waals surface area contributed by atoms with Crippen LogP contribution in [0.1, 0.15) is 20.8 Å². The molecule has 0 spiro atoms. The number of ether oxygens (including phenoxy) is 1. The average molecular weight is 287 g/mol. The van der Waals surface area contributed by atoms with Gasteiger partial charge in [0, 0.05) is 5.54 Å². The Labute approximate surface area is 115 Å². The number of esters is 1. The van der Waals surface area contributed by atoms with Crippen molar-refractivity contribution in [1.29, 1.82) is 0 Å². The maximum atomic E-state index is 11.6. The molecule has 0 bridgehead atoms. The number of hydrogen-bond donors (Lipinski definition) is 1. The number of tetrazole rings is 1. The molecular formula is C10H17N5O3S. The lowest BCUT2D eigenvalue weighted by Gasteiger charge is -2.20. The molecule has 0 aliphatic carbocycles. The third-order valence-corrected chi connectivity index (χ3v) is 2.81. The number of nitrogens with one attached hydrogen (secondary N) is 1. The molecule has 0 aliphatic heterocycles. The zero-order valence-corrected chi connectivity index (χ0v) is 12.2. The molecule has 0 saturated heterocycles. The van der Waals surface area contributed by atoms with Gasteiger partial charge in [0.15, 0.2) is 0 Å². The van der Waals surface area contributed by atoms with Crippen molar-refractivity contribution in [3.05, 3.63) is 0 Å². The van der Waals surface area contributed by atoms with E-state index < -0.39 is 5.97 Å². The van der Waals surface area contributed by atoms with Crippen LogP contribution in [0.5, 0.6) is 0 Å². The van der Waals surface area contributed by atoms with Crippen molar-refractivity contribution >= 4 is 23.6 Å². The van der Waals surface area contributed by atoms with Gasteiger partial charge in [-0.1, -0.05) is 11.8 Å². The molecule has 0 unspecified atom stereocenters. The van der Waals surface area contributed by atoms with Crippen LogP contribution in [0.3, 0.4) is 0 Å². The van der Waals surface area contributed by atoms with Gasteiger partial charge in [0.2, 0.25) is 11.1 Å². The van der Waals surface area contributed by atoms with Crippen molar-refractivity contribution < 1.29 is 14.3 Å². The summed E-state index contributed by atoms with van der Waals surface area (Å²) in [6.07, 6.45) is 0. The van der Waals surface area contributed by atoms with Crippen LogP contribution in [0.15, 0.2) is 5.16 Å². The lowest BCUT2D eigenvalue weighted by atomic mass is 10.1. The number of methoxy groups -OCH3 is 1. The van der Waals surface area contributed by atoms with Gasteiger partial charge in [-0.25, -0.2) is 4.68 Å². The van der Waals surface area contributed by atoms with Crippen molar-refractivity contribution in [2.24, 2.45) is 0 Å². The molecule has 0 radical (unpaired) electrons. The summed E-state index contributed by atoms with van der Waals surface area (Å²) in [5, 5.41) is 14.1. The van der Waals surface area contributed by atoms with Crippen LogP contribution in [0.25, 0.3) is 0 Å². The summed E-state index contributed by atoms with van der Waals surface area (Å²) in [5.74, 6) is -0.392. The third kappa shape index (κ3) is 5.69. The fourth-order valence-corrected chi connectivity index (χ4v) is 1.85. The number of nitrogens with zero attached hydrogens (tertiary/aromatic N) is 4. The van der Waals surface area contributed by atoms with Crippen molar-refractivity contribution in [2.45, 2.75) is 38.0 Å². The van der Waals surface area contributed by atoms with Crippen LogP contribution in [0.2, 0.25) is 0 Å². The van der Waals surface area contributed by atoms with E-state index in [1.807, 2.05) is 20.8 Å². The van der Waals surface area contributed by atoms with Crippen molar-refractivity contribution in [2.75, 3.05) is 12.9 Å². The Bertz CT molecular complexity index is 454. The minimum absolute atomic E-state index is 0.0767. The van der Waals surface area contributed by atoms with E-state index in [2.05, 4.69) is 25.6 Å². The van der Waals surface area contributed by atoms with Gasteiger partial charge in [-0.15, -0.1) is 5.10 Å². The third-order valence-electron chi connectivity index (χ3n) is 1.85. The van der Waals surface area contributed by atoms with Crippen LogP contribution in [0, 0.1) is 0 Å². The molecule has 8 nitrogen and oxygen atoms in total. The molecule has 1 aromatic rings. The molecule has 0 aromatic carbocycles. The van der Waals surface area contributed by atoms with E-state index in [4.69, 9.17) is 0 Å². The van der Waals surface area contributed by atoms with Gasteiger partial charge in [0.05, 0.1) is 12.9 Å². The Morgan fingerprint density at radius 3 is 2.68 bits per heavy atom. The highest BCUT2D eigenvalue weighted by Crippen LogP contribution is 2.13. The summed E-state index contributed by atoms with van der Waals surface area (Å²) in [6, 6.07) is 0. The second-order valence-electron chi connectivity index (χ2n) is 4.78. The van der Waals surface area contributed by atoms with Crippen molar-refractivity contribution in [3.63, 3.8) is 0 Å². The van der Waals surface area contributed by atoms with Crippen molar-refractivity contribution in [3.8, 4) is 0 Å². The zero-order chi connectivity index (χ0) is 14.5. The molecule has 0 fully saturated rings. The van der Waals surface area contributed by atoms with Crippen LogP contribution < -0.4 is 5.32 Å². The highest BCUT2D eigenvalue weighted by molar-refractivity contribution is 7.99. The van der Waals surface area contributed by atoms with E-state index in [0.29, 0.717) is 5.16 Å². The largest absolute Gasteiger partial charge is 0.468 e. The molecule has 0 saturated carbocycles. The first-order valence-corrected chi connectivity index (χ1v) is 6.57. The minimum atomic E-state index is -0.451. The number of thioether (sulfide) groups is 1. The summed E-state index contributed by atoms with van der Waals surface area (Å²) in [5.41, 5.74) is -0.282. The standard InChI is InChI=1S/C10H17N5O3S/c1-10(2,3)11-7(16)6-19-9-12-13-14-15(9)5-8(17)18-4/h5-6H2,1-4H3,(H,11,16). The smallest absolute Gasteiger partial charge is 0.327 e. The molecule has 1 aromatic heterocycles. The molecule has 0 aliphatic rings. The van der Waals surface area contributed by atoms with Gasteiger partial charge >= 0.3 is 5.97 Å². The van der Waals surface area contributed by atoms with Crippen LogP contribution in [0.4, 0.5) is 0 Å². The molecule has 9 heteroatoms. The van der Waals surface area contributed by atoms with E-state index in [1.165, 1.54) is 11.8 Å². The van der Waals surface area contributed by atoms with Crippen LogP contribution >= 0.6 is 11.8 Å². The SMILES string of the molecule is COC(=O)Cn1nnnc1SCC(=O)NC(C)(C)C. The second-order valence-corrected chi connectivity index (χ2v) is 5.72. The predicted octanol–water partition coefficient (Wildman–Crippen LogP) is -0.147. The first-order chi connectivity index (χ1) is 8.81. The van der Waals surface area contributed by atoms with Crippen LogP contribution in [-0.4, -0.2) is 50.5 Å². The lowest BCUT2D eigenvalue weighted by Crippen LogP contribution is -2.41. The summed E-state index contributed by atoms with van der Waals surface area (Å²) in [7, 11) is 1.29. The molecule has 106 valence electrons. The predicted molar refractivity (Wildman–Crippen MR) is 68.5 cm³/mol. The summed E-state index contributed by atoms with van der Waals surface area (Å²) in [6.45, 7) is 5.62. The second kappa shape index (κ2) is 6.50. The Balaban J connectivity index is 2.52. The first-order valence-electron chi connectivity index (χ1n) is 5.58. The summed E-state index contributed by atoms with van der Waals surface area (Å²) < 4.78 is 5.82. The normalized spacial score (nSPS) is 11.2. The van der Waals surface area contributed by atoms with Gasteiger partial charge in [0.25, 0.3) is 0 Å². The van der Waals surface area contributed by atoms with E-state index in [-0.39, 0.29) is 23.7 Å². The van der Waals surface area contributed by atoms with Crippen LogP contribution in [-0.2, 0) is 20.9 Å². The zero-order valence-electron chi connectivity index (χ0n) is 11.3. The number of aromatic nitrogens is 4. The Morgan fingerprint density at radius 1 is 1.42 bits per heavy atom. The van der Waals surface area contributed by atoms with Gasteiger partial charge in [0.1, 0.15) is 6.54 Å². The van der Waals surface area contributed by atoms with E-state index in [9.17, 15) is 9.59 Å². The number of rotatable bonds is 5. The molecule has 1 amide bonds. The van der Waals surface area contributed by atoms with Gasteiger partial charge < -0.3 is 10.1 Å². The molecule has 1 rings (SSSR count). The minimum Gasteiger partial charge on any atom is -0.468 e. The summed E-state index contributed by atoms with van der Waals surface area (Å²) >= 11 is 1.16. The number of hydrogen-bond acceptors (Lipinski definition) is 7. The summed E-state index contributed by atoms with van der Waals surface area (Å²) in [4.78, 5) is 22.8. The van der Waals surface area contributed by atoms with Crippen molar-refractivity contribution in [1.82, 2.24) is 25.5 Å². The van der Waals surface area contributed by atoms with E-state index in [1.54, 1.807) is 0 Å².